The molecule has 148 valence electrons. The second kappa shape index (κ2) is 10.6. The Labute approximate surface area is 163 Å². The van der Waals surface area contributed by atoms with Crippen molar-refractivity contribution in [3.8, 4) is 5.75 Å². The van der Waals surface area contributed by atoms with Crippen LogP contribution >= 0.6 is 0 Å². The lowest BCUT2D eigenvalue weighted by Gasteiger charge is -2.14. The first-order valence-corrected chi connectivity index (χ1v) is 8.66. The number of benzene rings is 2. The number of esters is 1. The van der Waals surface area contributed by atoms with Gasteiger partial charge in [-0.25, -0.2) is 9.59 Å². The van der Waals surface area contributed by atoms with Crippen molar-refractivity contribution in [2.45, 2.75) is 19.5 Å². The molecular formula is C20H23N3O5. The first-order chi connectivity index (χ1) is 13.5. The number of rotatable bonds is 8. The number of methoxy groups -OCH3 is 1. The number of carbonyl (C=O) groups excluding carboxylic acids is 3. The highest BCUT2D eigenvalue weighted by Gasteiger charge is 2.18. The van der Waals surface area contributed by atoms with Crippen molar-refractivity contribution in [3.05, 3.63) is 60.2 Å². The van der Waals surface area contributed by atoms with E-state index in [0.717, 1.165) is 11.3 Å². The molecule has 8 nitrogen and oxygen atoms in total. The topological polar surface area (TPSA) is 106 Å². The van der Waals surface area contributed by atoms with Gasteiger partial charge in [-0.05, 0) is 36.8 Å². The molecule has 1 atom stereocenters. The summed E-state index contributed by atoms with van der Waals surface area (Å²) in [5.74, 6) is -0.422. The number of hydrogen-bond donors (Lipinski definition) is 3. The number of urea groups is 1. The molecule has 3 amide bonds. The van der Waals surface area contributed by atoms with Crippen molar-refractivity contribution in [1.82, 2.24) is 10.6 Å². The van der Waals surface area contributed by atoms with Crippen molar-refractivity contribution in [1.29, 1.82) is 0 Å². The molecule has 3 N–H and O–H groups in total. The van der Waals surface area contributed by atoms with Gasteiger partial charge < -0.3 is 25.4 Å². The van der Waals surface area contributed by atoms with Crippen LogP contribution in [0.5, 0.6) is 5.75 Å². The molecule has 0 heterocycles. The average molecular weight is 385 g/mol. The van der Waals surface area contributed by atoms with Gasteiger partial charge in [0.05, 0.1) is 7.11 Å². The molecule has 2 aromatic carbocycles. The fourth-order valence-corrected chi connectivity index (χ4v) is 2.20. The summed E-state index contributed by atoms with van der Waals surface area (Å²) >= 11 is 0. The van der Waals surface area contributed by atoms with Gasteiger partial charge in [-0.3, -0.25) is 4.79 Å². The van der Waals surface area contributed by atoms with Crippen LogP contribution < -0.4 is 20.7 Å². The molecule has 0 fully saturated rings. The summed E-state index contributed by atoms with van der Waals surface area (Å²) in [4.78, 5) is 35.6. The Balaban J connectivity index is 1.68. The predicted molar refractivity (Wildman–Crippen MR) is 104 cm³/mol. The number of carbonyl (C=O) groups is 3. The molecule has 0 spiro atoms. The largest absolute Gasteiger partial charge is 0.497 e. The second-order valence-corrected chi connectivity index (χ2v) is 5.92. The number of para-hydroxylation sites is 1. The molecule has 8 heteroatoms. The average Bonchev–Trinajstić information content (AvgIpc) is 2.71. The number of hydrogen-bond acceptors (Lipinski definition) is 5. The van der Waals surface area contributed by atoms with Crippen LogP contribution in [0.3, 0.4) is 0 Å². The summed E-state index contributed by atoms with van der Waals surface area (Å²) in [5.41, 5.74) is 1.48. The minimum atomic E-state index is -0.905. The second-order valence-electron chi connectivity index (χ2n) is 5.92. The summed E-state index contributed by atoms with van der Waals surface area (Å²) < 4.78 is 9.99. The smallest absolute Gasteiger partial charge is 0.328 e. The lowest BCUT2D eigenvalue weighted by Crippen LogP contribution is -2.42. The zero-order valence-corrected chi connectivity index (χ0v) is 15.7. The van der Waals surface area contributed by atoms with Crippen molar-refractivity contribution in [2.24, 2.45) is 0 Å². The fraction of sp³-hybridized carbons (Fsp3) is 0.250. The van der Waals surface area contributed by atoms with Crippen LogP contribution in [-0.4, -0.2) is 37.7 Å². The summed E-state index contributed by atoms with van der Waals surface area (Å²) in [6.45, 7) is 1.34. The summed E-state index contributed by atoms with van der Waals surface area (Å²) in [6.07, 6.45) is 0. The third kappa shape index (κ3) is 6.99. The lowest BCUT2D eigenvalue weighted by atomic mass is 10.2. The van der Waals surface area contributed by atoms with Gasteiger partial charge in [0.15, 0.2) is 6.61 Å². The summed E-state index contributed by atoms with van der Waals surface area (Å²) in [5, 5.41) is 7.69. The van der Waals surface area contributed by atoms with E-state index in [-0.39, 0.29) is 0 Å². The van der Waals surface area contributed by atoms with E-state index >= 15 is 0 Å². The maximum absolute atomic E-state index is 11.9. The minimum Gasteiger partial charge on any atom is -0.497 e. The standard InChI is InChI=1S/C20H23N3O5/c1-14(22-20(26)23-16-6-4-3-5-7-16)19(25)28-13-18(24)21-12-15-8-10-17(27-2)11-9-15/h3-11,14H,12-13H2,1-2H3,(H,21,24)(H2,22,23,26)/t14-/m0/s1. The molecule has 0 saturated carbocycles. The van der Waals surface area contributed by atoms with Crippen LogP contribution in [0.25, 0.3) is 0 Å². The van der Waals surface area contributed by atoms with Gasteiger partial charge in [-0.2, -0.15) is 0 Å². The zero-order chi connectivity index (χ0) is 20.4. The van der Waals surface area contributed by atoms with Gasteiger partial charge in [0, 0.05) is 12.2 Å². The molecule has 2 aromatic rings. The van der Waals surface area contributed by atoms with Gasteiger partial charge in [0.1, 0.15) is 11.8 Å². The maximum atomic E-state index is 11.9. The maximum Gasteiger partial charge on any atom is 0.328 e. The molecule has 0 bridgehead atoms. The molecule has 0 aliphatic heterocycles. The molecule has 0 aliphatic carbocycles. The molecule has 0 aromatic heterocycles. The van der Waals surface area contributed by atoms with E-state index in [1.807, 2.05) is 18.2 Å². The van der Waals surface area contributed by atoms with Gasteiger partial charge in [0.25, 0.3) is 5.91 Å². The third-order valence-corrected chi connectivity index (χ3v) is 3.73. The van der Waals surface area contributed by atoms with Crippen molar-refractivity contribution in [2.75, 3.05) is 19.0 Å². The van der Waals surface area contributed by atoms with E-state index in [9.17, 15) is 14.4 Å². The number of nitrogens with one attached hydrogen (secondary N) is 3. The summed E-state index contributed by atoms with van der Waals surface area (Å²) in [6, 6.07) is 14.6. The zero-order valence-electron chi connectivity index (χ0n) is 15.7. The van der Waals surface area contributed by atoms with Crippen LogP contribution in [0.2, 0.25) is 0 Å². The SMILES string of the molecule is COc1ccc(CNC(=O)COC(=O)[C@H](C)NC(=O)Nc2ccccc2)cc1. The highest BCUT2D eigenvalue weighted by molar-refractivity contribution is 5.92. The quantitative estimate of drug-likeness (QED) is 0.603. The van der Waals surface area contributed by atoms with Crippen LogP contribution in [0.15, 0.2) is 54.6 Å². The molecule has 0 aliphatic rings. The number of anilines is 1. The summed E-state index contributed by atoms with van der Waals surface area (Å²) in [7, 11) is 1.58. The van der Waals surface area contributed by atoms with Gasteiger partial charge >= 0.3 is 12.0 Å². The Morgan fingerprint density at radius 2 is 1.68 bits per heavy atom. The van der Waals surface area contributed by atoms with E-state index in [2.05, 4.69) is 16.0 Å². The van der Waals surface area contributed by atoms with Crippen molar-refractivity contribution >= 4 is 23.6 Å². The molecular weight excluding hydrogens is 362 g/mol. The van der Waals surface area contributed by atoms with E-state index < -0.39 is 30.6 Å². The van der Waals surface area contributed by atoms with Crippen LogP contribution in [0.4, 0.5) is 10.5 Å². The molecule has 28 heavy (non-hydrogen) atoms. The fourth-order valence-electron chi connectivity index (χ4n) is 2.20. The minimum absolute atomic E-state index is 0.299. The van der Waals surface area contributed by atoms with E-state index in [4.69, 9.17) is 9.47 Å². The first kappa shape index (κ1) is 20.8. The molecule has 2 rings (SSSR count). The highest BCUT2D eigenvalue weighted by Crippen LogP contribution is 2.10. The predicted octanol–water partition coefficient (Wildman–Crippen LogP) is 2.06. The van der Waals surface area contributed by atoms with Crippen molar-refractivity contribution in [3.63, 3.8) is 0 Å². The number of amides is 3. The van der Waals surface area contributed by atoms with Crippen molar-refractivity contribution < 1.29 is 23.9 Å². The number of ether oxygens (including phenoxy) is 2. The van der Waals surface area contributed by atoms with Gasteiger partial charge in [-0.1, -0.05) is 30.3 Å². The molecule has 0 unspecified atom stereocenters. The molecule has 0 saturated heterocycles. The lowest BCUT2D eigenvalue weighted by molar-refractivity contribution is -0.150. The van der Waals surface area contributed by atoms with Crippen LogP contribution in [-0.2, 0) is 20.9 Å². The third-order valence-electron chi connectivity index (χ3n) is 3.73. The normalized spacial score (nSPS) is 11.1. The van der Waals surface area contributed by atoms with Crippen LogP contribution in [0, 0.1) is 0 Å². The Morgan fingerprint density at radius 1 is 1.00 bits per heavy atom. The van der Waals surface area contributed by atoms with Gasteiger partial charge in [-0.15, -0.1) is 0 Å². The molecule has 0 radical (unpaired) electrons. The van der Waals surface area contributed by atoms with E-state index in [0.29, 0.717) is 12.2 Å². The van der Waals surface area contributed by atoms with E-state index in [1.54, 1.807) is 43.5 Å². The first-order valence-electron chi connectivity index (χ1n) is 8.66. The van der Waals surface area contributed by atoms with Gasteiger partial charge in [0.2, 0.25) is 0 Å². The Bertz CT molecular complexity index is 793. The Hall–Kier alpha value is -3.55. The highest BCUT2D eigenvalue weighted by atomic mass is 16.5. The monoisotopic (exact) mass is 385 g/mol. The van der Waals surface area contributed by atoms with E-state index in [1.165, 1.54) is 6.92 Å². The van der Waals surface area contributed by atoms with Crippen LogP contribution in [0.1, 0.15) is 12.5 Å². The Morgan fingerprint density at radius 3 is 2.32 bits per heavy atom. The Kier molecular flexibility index (Phi) is 7.83.